The number of aryl methyl sites for hydroxylation is 2. The van der Waals surface area contributed by atoms with E-state index in [2.05, 4.69) is 5.32 Å². The van der Waals surface area contributed by atoms with Crippen molar-refractivity contribution in [2.75, 3.05) is 5.32 Å². The topological polar surface area (TPSA) is 42.2 Å². The molecule has 0 spiro atoms. The maximum Gasteiger partial charge on any atom is 0.224 e. The van der Waals surface area contributed by atoms with E-state index in [0.717, 1.165) is 11.5 Å². The van der Waals surface area contributed by atoms with Crippen LogP contribution in [0.2, 0.25) is 0 Å². The summed E-state index contributed by atoms with van der Waals surface area (Å²) in [5.74, 6) is 1.19. The highest BCUT2D eigenvalue weighted by Crippen LogP contribution is 2.11. The van der Waals surface area contributed by atoms with Gasteiger partial charge in [0.05, 0.1) is 0 Å². The van der Waals surface area contributed by atoms with Crippen LogP contribution in [0, 0.1) is 12.7 Å². The molecule has 0 atom stereocenters. The van der Waals surface area contributed by atoms with Gasteiger partial charge in [0, 0.05) is 18.5 Å². The lowest BCUT2D eigenvalue weighted by atomic mass is 10.2. The summed E-state index contributed by atoms with van der Waals surface area (Å²) in [7, 11) is 0. The molecule has 3 nitrogen and oxygen atoms in total. The van der Waals surface area contributed by atoms with Crippen molar-refractivity contribution in [2.24, 2.45) is 0 Å². The molecule has 0 aliphatic heterocycles. The summed E-state index contributed by atoms with van der Waals surface area (Å²) in [5, 5.41) is 2.70. The fraction of sp³-hybridized carbons (Fsp3) is 0.214. The van der Waals surface area contributed by atoms with Gasteiger partial charge in [-0.3, -0.25) is 4.79 Å². The van der Waals surface area contributed by atoms with Crippen LogP contribution in [0.15, 0.2) is 40.8 Å². The number of rotatable bonds is 4. The second-order valence-electron chi connectivity index (χ2n) is 4.07. The van der Waals surface area contributed by atoms with Crippen LogP contribution in [0.5, 0.6) is 0 Å². The van der Waals surface area contributed by atoms with Gasteiger partial charge in [0.1, 0.15) is 17.3 Å². The zero-order valence-electron chi connectivity index (χ0n) is 10.1. The van der Waals surface area contributed by atoms with Gasteiger partial charge in [0.25, 0.3) is 0 Å². The van der Waals surface area contributed by atoms with Crippen LogP contribution in [-0.4, -0.2) is 5.91 Å². The molecule has 0 unspecified atom stereocenters. The number of benzene rings is 1. The number of nitrogens with one attached hydrogen (secondary N) is 1. The lowest BCUT2D eigenvalue weighted by Gasteiger charge is -2.04. The van der Waals surface area contributed by atoms with Crippen LogP contribution >= 0.6 is 0 Å². The van der Waals surface area contributed by atoms with Crippen LogP contribution in [-0.2, 0) is 11.2 Å². The van der Waals surface area contributed by atoms with Gasteiger partial charge in [0.15, 0.2) is 0 Å². The van der Waals surface area contributed by atoms with Gasteiger partial charge < -0.3 is 9.73 Å². The number of carbonyl (C=O) groups is 1. The average Bonchev–Trinajstić information content (AvgIpc) is 2.76. The Morgan fingerprint density at radius 2 is 1.94 bits per heavy atom. The van der Waals surface area contributed by atoms with Crippen molar-refractivity contribution < 1.29 is 13.6 Å². The van der Waals surface area contributed by atoms with E-state index in [1.54, 1.807) is 0 Å². The first-order valence-corrected chi connectivity index (χ1v) is 5.74. The molecule has 1 aromatic carbocycles. The molecule has 4 heteroatoms. The summed E-state index contributed by atoms with van der Waals surface area (Å²) in [4.78, 5) is 11.6. The summed E-state index contributed by atoms with van der Waals surface area (Å²) in [5.41, 5.74) is 0.594. The highest BCUT2D eigenvalue weighted by Gasteiger charge is 2.05. The standard InChI is InChI=1S/C14H14FNO2/c1-10-2-7-13(18-10)8-9-14(17)16-12-5-3-11(15)4-6-12/h2-7H,8-9H2,1H3,(H,16,17). The predicted molar refractivity (Wildman–Crippen MR) is 66.8 cm³/mol. The highest BCUT2D eigenvalue weighted by molar-refractivity contribution is 5.90. The van der Waals surface area contributed by atoms with Crippen molar-refractivity contribution in [3.63, 3.8) is 0 Å². The molecular weight excluding hydrogens is 233 g/mol. The molecule has 1 heterocycles. The van der Waals surface area contributed by atoms with Crippen LogP contribution in [0.1, 0.15) is 17.9 Å². The molecule has 0 bridgehead atoms. The highest BCUT2D eigenvalue weighted by atomic mass is 19.1. The third-order valence-electron chi connectivity index (χ3n) is 2.52. The lowest BCUT2D eigenvalue weighted by Crippen LogP contribution is -2.12. The minimum absolute atomic E-state index is 0.115. The number of amides is 1. The average molecular weight is 247 g/mol. The Bertz CT molecular complexity index is 531. The Morgan fingerprint density at radius 1 is 1.22 bits per heavy atom. The molecule has 0 aliphatic rings. The van der Waals surface area contributed by atoms with E-state index in [-0.39, 0.29) is 11.7 Å². The summed E-state index contributed by atoms with van der Waals surface area (Å²) in [6, 6.07) is 9.42. The first kappa shape index (κ1) is 12.4. The van der Waals surface area contributed by atoms with E-state index in [0.29, 0.717) is 18.5 Å². The number of anilines is 1. The fourth-order valence-corrected chi connectivity index (χ4v) is 1.61. The maximum atomic E-state index is 12.7. The number of hydrogen-bond donors (Lipinski definition) is 1. The normalized spacial score (nSPS) is 10.3. The molecule has 1 aromatic heterocycles. The number of halogens is 1. The van der Waals surface area contributed by atoms with Crippen LogP contribution in [0.25, 0.3) is 0 Å². The van der Waals surface area contributed by atoms with Crippen molar-refractivity contribution in [1.82, 2.24) is 0 Å². The van der Waals surface area contributed by atoms with E-state index >= 15 is 0 Å². The quantitative estimate of drug-likeness (QED) is 0.900. The number of hydrogen-bond acceptors (Lipinski definition) is 2. The molecule has 0 saturated heterocycles. The van der Waals surface area contributed by atoms with Crippen molar-refractivity contribution in [3.05, 3.63) is 53.7 Å². The summed E-state index contributed by atoms with van der Waals surface area (Å²) in [6.45, 7) is 1.86. The molecule has 0 radical (unpaired) electrons. The Hall–Kier alpha value is -2.10. The van der Waals surface area contributed by atoms with Crippen molar-refractivity contribution >= 4 is 11.6 Å². The monoisotopic (exact) mass is 247 g/mol. The van der Waals surface area contributed by atoms with Crippen molar-refractivity contribution in [3.8, 4) is 0 Å². The molecular formula is C14H14FNO2. The molecule has 94 valence electrons. The van der Waals surface area contributed by atoms with Crippen LogP contribution < -0.4 is 5.32 Å². The van der Waals surface area contributed by atoms with Crippen molar-refractivity contribution in [1.29, 1.82) is 0 Å². The largest absolute Gasteiger partial charge is 0.466 e. The van der Waals surface area contributed by atoms with E-state index in [4.69, 9.17) is 4.42 Å². The van der Waals surface area contributed by atoms with E-state index in [9.17, 15) is 9.18 Å². The van der Waals surface area contributed by atoms with Crippen LogP contribution in [0.4, 0.5) is 10.1 Å². The SMILES string of the molecule is Cc1ccc(CCC(=O)Nc2ccc(F)cc2)o1. The number of furan rings is 1. The third-order valence-corrected chi connectivity index (χ3v) is 2.52. The van der Waals surface area contributed by atoms with Crippen LogP contribution in [0.3, 0.4) is 0 Å². The Balaban J connectivity index is 1.83. The van der Waals surface area contributed by atoms with E-state index in [1.807, 2.05) is 19.1 Å². The van der Waals surface area contributed by atoms with Gasteiger partial charge in [-0.1, -0.05) is 0 Å². The smallest absolute Gasteiger partial charge is 0.224 e. The predicted octanol–water partition coefficient (Wildman–Crippen LogP) is 3.30. The Morgan fingerprint density at radius 3 is 2.56 bits per heavy atom. The Kier molecular flexibility index (Phi) is 3.77. The zero-order chi connectivity index (χ0) is 13.0. The number of carbonyl (C=O) groups excluding carboxylic acids is 1. The molecule has 0 saturated carbocycles. The molecule has 2 aromatic rings. The second kappa shape index (κ2) is 5.49. The minimum atomic E-state index is -0.320. The van der Waals surface area contributed by atoms with Gasteiger partial charge in [-0.15, -0.1) is 0 Å². The van der Waals surface area contributed by atoms with Gasteiger partial charge in [-0.25, -0.2) is 4.39 Å². The molecule has 1 N–H and O–H groups in total. The summed E-state index contributed by atoms with van der Waals surface area (Å²) in [6.07, 6.45) is 0.894. The van der Waals surface area contributed by atoms with Gasteiger partial charge in [-0.05, 0) is 43.3 Å². The first-order valence-electron chi connectivity index (χ1n) is 5.74. The summed E-state index contributed by atoms with van der Waals surface area (Å²) >= 11 is 0. The maximum absolute atomic E-state index is 12.7. The van der Waals surface area contributed by atoms with E-state index < -0.39 is 0 Å². The van der Waals surface area contributed by atoms with E-state index in [1.165, 1.54) is 24.3 Å². The minimum Gasteiger partial charge on any atom is -0.466 e. The molecule has 2 rings (SSSR count). The first-order chi connectivity index (χ1) is 8.63. The zero-order valence-corrected chi connectivity index (χ0v) is 10.1. The van der Waals surface area contributed by atoms with Gasteiger partial charge in [-0.2, -0.15) is 0 Å². The van der Waals surface area contributed by atoms with Crippen molar-refractivity contribution in [2.45, 2.75) is 19.8 Å². The fourth-order valence-electron chi connectivity index (χ4n) is 1.61. The molecule has 18 heavy (non-hydrogen) atoms. The van der Waals surface area contributed by atoms with Gasteiger partial charge in [0.2, 0.25) is 5.91 Å². The third kappa shape index (κ3) is 3.45. The Labute approximate surface area is 105 Å². The molecule has 0 aliphatic carbocycles. The second-order valence-corrected chi connectivity index (χ2v) is 4.07. The molecule has 1 amide bonds. The van der Waals surface area contributed by atoms with Gasteiger partial charge >= 0.3 is 0 Å². The lowest BCUT2D eigenvalue weighted by molar-refractivity contribution is -0.116. The summed E-state index contributed by atoms with van der Waals surface area (Å²) < 4.78 is 18.0. The molecule has 0 fully saturated rings.